The van der Waals surface area contributed by atoms with Crippen molar-refractivity contribution in [3.05, 3.63) is 0 Å². The second-order valence-electron chi connectivity index (χ2n) is 8.25. The SMILES string of the molecule is CCCC(C)C(=O)OCCCCCCCCCCCCOC(=O)C(C)CCC. The molecule has 0 spiro atoms. The monoisotopic (exact) mass is 398 g/mol. The zero-order chi connectivity index (χ0) is 21.0. The predicted molar refractivity (Wildman–Crippen MR) is 116 cm³/mol. The summed E-state index contributed by atoms with van der Waals surface area (Å²) in [5.41, 5.74) is 0. The van der Waals surface area contributed by atoms with E-state index in [1.54, 1.807) is 0 Å². The van der Waals surface area contributed by atoms with Crippen molar-refractivity contribution < 1.29 is 19.1 Å². The van der Waals surface area contributed by atoms with E-state index < -0.39 is 0 Å². The van der Waals surface area contributed by atoms with Gasteiger partial charge in [-0.2, -0.15) is 0 Å². The van der Waals surface area contributed by atoms with Gasteiger partial charge in [0.15, 0.2) is 0 Å². The molecule has 0 amide bonds. The molecular formula is C24H46O4. The Morgan fingerprint density at radius 1 is 0.571 bits per heavy atom. The summed E-state index contributed by atoms with van der Waals surface area (Å²) in [6.45, 7) is 9.24. The van der Waals surface area contributed by atoms with Crippen molar-refractivity contribution in [2.75, 3.05) is 13.2 Å². The van der Waals surface area contributed by atoms with E-state index in [2.05, 4.69) is 13.8 Å². The second-order valence-corrected chi connectivity index (χ2v) is 8.25. The summed E-state index contributed by atoms with van der Waals surface area (Å²) >= 11 is 0. The minimum absolute atomic E-state index is 0.0351. The Balaban J connectivity index is 3.28. The first kappa shape index (κ1) is 26.9. The fourth-order valence-electron chi connectivity index (χ4n) is 3.35. The first-order valence-corrected chi connectivity index (χ1v) is 11.9. The molecule has 0 aromatic heterocycles. The highest BCUT2D eigenvalue weighted by Crippen LogP contribution is 2.12. The molecule has 0 radical (unpaired) electrons. The van der Waals surface area contributed by atoms with Crippen LogP contribution in [0.2, 0.25) is 0 Å². The van der Waals surface area contributed by atoms with E-state index in [0.717, 1.165) is 51.4 Å². The fourth-order valence-corrected chi connectivity index (χ4v) is 3.35. The first-order chi connectivity index (χ1) is 13.5. The molecule has 0 N–H and O–H groups in total. The lowest BCUT2D eigenvalue weighted by Crippen LogP contribution is -2.15. The molecule has 0 aliphatic rings. The van der Waals surface area contributed by atoms with Crippen LogP contribution in [0.25, 0.3) is 0 Å². The van der Waals surface area contributed by atoms with Crippen molar-refractivity contribution in [3.63, 3.8) is 0 Å². The Labute approximate surface area is 174 Å². The van der Waals surface area contributed by atoms with Crippen LogP contribution < -0.4 is 0 Å². The van der Waals surface area contributed by atoms with Crippen LogP contribution in [0.5, 0.6) is 0 Å². The molecule has 0 heterocycles. The lowest BCUT2D eigenvalue weighted by molar-refractivity contribution is -0.149. The molecule has 4 nitrogen and oxygen atoms in total. The highest BCUT2D eigenvalue weighted by molar-refractivity contribution is 5.72. The minimum atomic E-state index is -0.0351. The third-order valence-corrected chi connectivity index (χ3v) is 5.28. The highest BCUT2D eigenvalue weighted by atomic mass is 16.5. The van der Waals surface area contributed by atoms with Gasteiger partial charge in [0.1, 0.15) is 0 Å². The van der Waals surface area contributed by atoms with Crippen LogP contribution in [-0.2, 0) is 19.1 Å². The lowest BCUT2D eigenvalue weighted by atomic mass is 10.1. The number of ether oxygens (including phenoxy) is 2. The standard InChI is InChI=1S/C24H46O4/c1-5-17-21(3)23(25)27-19-15-13-11-9-7-8-10-12-14-16-20-28-24(26)22(4)18-6-2/h21-22H,5-20H2,1-4H3. The molecule has 0 saturated heterocycles. The Morgan fingerprint density at radius 3 is 1.14 bits per heavy atom. The van der Waals surface area contributed by atoms with Gasteiger partial charge in [0.05, 0.1) is 25.0 Å². The van der Waals surface area contributed by atoms with Crippen LogP contribution in [0.15, 0.2) is 0 Å². The average molecular weight is 399 g/mol. The van der Waals surface area contributed by atoms with Crippen LogP contribution >= 0.6 is 0 Å². The van der Waals surface area contributed by atoms with E-state index in [4.69, 9.17) is 9.47 Å². The molecule has 0 bridgehead atoms. The Morgan fingerprint density at radius 2 is 0.857 bits per heavy atom. The second kappa shape index (κ2) is 19.3. The van der Waals surface area contributed by atoms with Gasteiger partial charge in [-0.05, 0) is 25.7 Å². The van der Waals surface area contributed by atoms with E-state index >= 15 is 0 Å². The molecule has 0 aliphatic carbocycles. The quantitative estimate of drug-likeness (QED) is 0.176. The van der Waals surface area contributed by atoms with E-state index in [-0.39, 0.29) is 23.8 Å². The van der Waals surface area contributed by atoms with Gasteiger partial charge in [0, 0.05) is 0 Å². The summed E-state index contributed by atoms with van der Waals surface area (Å²) in [5.74, 6) is 0.0162. The summed E-state index contributed by atoms with van der Waals surface area (Å²) in [4.78, 5) is 23.4. The minimum Gasteiger partial charge on any atom is -0.465 e. The van der Waals surface area contributed by atoms with Gasteiger partial charge >= 0.3 is 11.9 Å². The van der Waals surface area contributed by atoms with Crippen LogP contribution in [-0.4, -0.2) is 25.2 Å². The van der Waals surface area contributed by atoms with Crippen molar-refractivity contribution in [1.29, 1.82) is 0 Å². The third-order valence-electron chi connectivity index (χ3n) is 5.28. The molecule has 28 heavy (non-hydrogen) atoms. The molecule has 0 aromatic rings. The van der Waals surface area contributed by atoms with Gasteiger partial charge in [0.25, 0.3) is 0 Å². The maximum atomic E-state index is 11.7. The van der Waals surface area contributed by atoms with Crippen molar-refractivity contribution in [3.8, 4) is 0 Å². The zero-order valence-corrected chi connectivity index (χ0v) is 19.1. The maximum absolute atomic E-state index is 11.7. The third kappa shape index (κ3) is 15.9. The van der Waals surface area contributed by atoms with Gasteiger partial charge in [-0.1, -0.05) is 91.9 Å². The smallest absolute Gasteiger partial charge is 0.308 e. The molecule has 0 fully saturated rings. The first-order valence-electron chi connectivity index (χ1n) is 11.9. The number of rotatable bonds is 19. The largest absolute Gasteiger partial charge is 0.465 e. The average Bonchev–Trinajstić information content (AvgIpc) is 2.68. The van der Waals surface area contributed by atoms with E-state index in [0.29, 0.717) is 13.2 Å². The van der Waals surface area contributed by atoms with Crippen molar-refractivity contribution in [2.24, 2.45) is 11.8 Å². The van der Waals surface area contributed by atoms with Crippen LogP contribution in [0.4, 0.5) is 0 Å². The molecule has 0 aromatic carbocycles. The molecule has 2 atom stereocenters. The Hall–Kier alpha value is -1.06. The van der Waals surface area contributed by atoms with Gasteiger partial charge in [-0.25, -0.2) is 0 Å². The van der Waals surface area contributed by atoms with Crippen LogP contribution in [0, 0.1) is 11.8 Å². The van der Waals surface area contributed by atoms with Gasteiger partial charge < -0.3 is 9.47 Å². The van der Waals surface area contributed by atoms with Crippen molar-refractivity contribution in [1.82, 2.24) is 0 Å². The van der Waals surface area contributed by atoms with Crippen molar-refractivity contribution >= 4 is 11.9 Å². The molecule has 0 saturated carbocycles. The number of carbonyl (C=O) groups excluding carboxylic acids is 2. The van der Waals surface area contributed by atoms with Crippen LogP contribution in [0.1, 0.15) is 118 Å². The molecule has 0 rings (SSSR count). The number of hydrogen-bond acceptors (Lipinski definition) is 4. The van der Waals surface area contributed by atoms with E-state index in [9.17, 15) is 9.59 Å². The van der Waals surface area contributed by atoms with Crippen molar-refractivity contribution in [2.45, 2.75) is 118 Å². The normalized spacial score (nSPS) is 13.1. The maximum Gasteiger partial charge on any atom is 0.308 e. The Bertz CT molecular complexity index is 345. The Kier molecular flexibility index (Phi) is 18.5. The van der Waals surface area contributed by atoms with Gasteiger partial charge in [0.2, 0.25) is 0 Å². The zero-order valence-electron chi connectivity index (χ0n) is 19.1. The van der Waals surface area contributed by atoms with Crippen LogP contribution in [0.3, 0.4) is 0 Å². The van der Waals surface area contributed by atoms with E-state index in [1.807, 2.05) is 13.8 Å². The molecule has 166 valence electrons. The highest BCUT2D eigenvalue weighted by Gasteiger charge is 2.13. The number of esters is 2. The summed E-state index contributed by atoms with van der Waals surface area (Å²) in [5, 5.41) is 0. The van der Waals surface area contributed by atoms with E-state index in [1.165, 1.54) is 38.5 Å². The molecule has 2 unspecified atom stereocenters. The molecule has 4 heteroatoms. The summed E-state index contributed by atoms with van der Waals surface area (Å²) < 4.78 is 10.6. The number of hydrogen-bond donors (Lipinski definition) is 0. The number of unbranched alkanes of at least 4 members (excludes halogenated alkanes) is 9. The topological polar surface area (TPSA) is 52.6 Å². The summed E-state index contributed by atoms with van der Waals surface area (Å²) in [7, 11) is 0. The van der Waals surface area contributed by atoms with Gasteiger partial charge in [-0.3, -0.25) is 9.59 Å². The summed E-state index contributed by atoms with van der Waals surface area (Å²) in [6.07, 6.45) is 15.7. The summed E-state index contributed by atoms with van der Waals surface area (Å²) in [6, 6.07) is 0. The number of carbonyl (C=O) groups is 2. The predicted octanol–water partition coefficient (Wildman–Crippen LogP) is 6.85. The lowest BCUT2D eigenvalue weighted by Gasteiger charge is -2.10. The van der Waals surface area contributed by atoms with Gasteiger partial charge in [-0.15, -0.1) is 0 Å². The molecule has 0 aliphatic heterocycles. The molecular weight excluding hydrogens is 352 g/mol. The fraction of sp³-hybridized carbons (Fsp3) is 0.917.